The Morgan fingerprint density at radius 2 is 1.30 bits per heavy atom. The van der Waals surface area contributed by atoms with E-state index in [1.165, 1.54) is 16.7 Å². The van der Waals surface area contributed by atoms with Gasteiger partial charge in [0.15, 0.2) is 0 Å². The topological polar surface area (TPSA) is 12.0 Å². The standard InChI is InChI=1S/C26H29N/c1-22(13-11-12-16-23-14-5-2-6-15-23)26(25-19-9-4-10-20-25)27-21-24-17-7-3-8-18-24/h2-11,13-15,17-20,22,26-27H,12,16,21H2,1H3/b13-11-/t22-,26-/m1/s1. The number of benzene rings is 3. The van der Waals surface area contributed by atoms with Gasteiger partial charge in [-0.1, -0.05) is 110 Å². The van der Waals surface area contributed by atoms with Gasteiger partial charge in [0, 0.05) is 12.6 Å². The van der Waals surface area contributed by atoms with E-state index >= 15 is 0 Å². The Kier molecular flexibility index (Phi) is 7.44. The highest BCUT2D eigenvalue weighted by atomic mass is 14.9. The van der Waals surface area contributed by atoms with Crippen LogP contribution in [-0.4, -0.2) is 0 Å². The zero-order chi connectivity index (χ0) is 18.7. The first-order valence-electron chi connectivity index (χ1n) is 9.86. The Hall–Kier alpha value is -2.64. The monoisotopic (exact) mass is 355 g/mol. The lowest BCUT2D eigenvalue weighted by Crippen LogP contribution is -2.25. The highest BCUT2D eigenvalue weighted by Crippen LogP contribution is 2.24. The van der Waals surface area contributed by atoms with Crippen LogP contribution in [0.5, 0.6) is 0 Å². The fraction of sp³-hybridized carbons (Fsp3) is 0.231. The quantitative estimate of drug-likeness (QED) is 0.441. The van der Waals surface area contributed by atoms with Crippen molar-refractivity contribution in [3.63, 3.8) is 0 Å². The van der Waals surface area contributed by atoms with Gasteiger partial charge in [-0.05, 0) is 35.4 Å². The highest BCUT2D eigenvalue weighted by Gasteiger charge is 2.16. The molecule has 27 heavy (non-hydrogen) atoms. The summed E-state index contributed by atoms with van der Waals surface area (Å²) in [5.74, 6) is 0.423. The van der Waals surface area contributed by atoms with Crippen molar-refractivity contribution in [1.29, 1.82) is 0 Å². The summed E-state index contributed by atoms with van der Waals surface area (Å²) in [6.07, 6.45) is 6.86. The molecule has 138 valence electrons. The summed E-state index contributed by atoms with van der Waals surface area (Å²) in [5.41, 5.74) is 4.06. The van der Waals surface area contributed by atoms with Crippen molar-refractivity contribution in [3.05, 3.63) is 120 Å². The predicted molar refractivity (Wildman–Crippen MR) is 116 cm³/mol. The van der Waals surface area contributed by atoms with Crippen molar-refractivity contribution < 1.29 is 0 Å². The lowest BCUT2D eigenvalue weighted by atomic mass is 9.93. The fourth-order valence-corrected chi connectivity index (χ4v) is 3.41. The fourth-order valence-electron chi connectivity index (χ4n) is 3.41. The number of nitrogens with one attached hydrogen (secondary N) is 1. The average molecular weight is 356 g/mol. The second-order valence-electron chi connectivity index (χ2n) is 7.07. The van der Waals surface area contributed by atoms with E-state index in [2.05, 4.69) is 115 Å². The molecule has 0 heterocycles. The summed E-state index contributed by atoms with van der Waals surface area (Å²) in [4.78, 5) is 0. The van der Waals surface area contributed by atoms with Crippen molar-refractivity contribution in [2.75, 3.05) is 0 Å². The van der Waals surface area contributed by atoms with E-state index in [1.54, 1.807) is 0 Å². The van der Waals surface area contributed by atoms with Gasteiger partial charge in [0.25, 0.3) is 0 Å². The maximum absolute atomic E-state index is 3.76. The van der Waals surface area contributed by atoms with Crippen LogP contribution in [0, 0.1) is 5.92 Å². The third-order valence-electron chi connectivity index (χ3n) is 4.94. The first-order chi connectivity index (χ1) is 13.3. The minimum absolute atomic E-state index is 0.305. The second kappa shape index (κ2) is 10.5. The van der Waals surface area contributed by atoms with Crippen LogP contribution in [0.4, 0.5) is 0 Å². The molecule has 0 aliphatic heterocycles. The van der Waals surface area contributed by atoms with Gasteiger partial charge < -0.3 is 5.32 Å². The maximum atomic E-state index is 3.76. The van der Waals surface area contributed by atoms with Gasteiger partial charge in [0.1, 0.15) is 0 Å². The van der Waals surface area contributed by atoms with Crippen LogP contribution >= 0.6 is 0 Å². The van der Waals surface area contributed by atoms with Gasteiger partial charge in [-0.25, -0.2) is 0 Å². The number of hydrogen-bond donors (Lipinski definition) is 1. The van der Waals surface area contributed by atoms with E-state index in [0.717, 1.165) is 19.4 Å². The highest BCUT2D eigenvalue weighted by molar-refractivity contribution is 5.22. The molecule has 3 rings (SSSR count). The van der Waals surface area contributed by atoms with Crippen LogP contribution in [-0.2, 0) is 13.0 Å². The maximum Gasteiger partial charge on any atom is 0.0383 e. The van der Waals surface area contributed by atoms with E-state index in [9.17, 15) is 0 Å². The number of aryl methyl sites for hydroxylation is 1. The zero-order valence-corrected chi connectivity index (χ0v) is 16.1. The molecular formula is C26H29N. The molecule has 0 bridgehead atoms. The molecule has 0 unspecified atom stereocenters. The molecule has 0 fully saturated rings. The van der Waals surface area contributed by atoms with E-state index in [-0.39, 0.29) is 0 Å². The van der Waals surface area contributed by atoms with Gasteiger partial charge in [0.05, 0.1) is 0 Å². The van der Waals surface area contributed by atoms with Gasteiger partial charge in [-0.15, -0.1) is 0 Å². The zero-order valence-electron chi connectivity index (χ0n) is 16.1. The molecule has 0 saturated carbocycles. The van der Waals surface area contributed by atoms with E-state index in [4.69, 9.17) is 0 Å². The van der Waals surface area contributed by atoms with Crippen molar-refractivity contribution in [3.8, 4) is 0 Å². The minimum Gasteiger partial charge on any atom is -0.305 e. The molecule has 0 aromatic heterocycles. The van der Waals surface area contributed by atoms with Crippen LogP contribution in [0.3, 0.4) is 0 Å². The molecule has 0 radical (unpaired) electrons. The summed E-state index contributed by atoms with van der Waals surface area (Å²) in [6.45, 7) is 3.18. The van der Waals surface area contributed by atoms with Crippen molar-refractivity contribution >= 4 is 0 Å². The van der Waals surface area contributed by atoms with Crippen molar-refractivity contribution in [2.24, 2.45) is 5.92 Å². The Morgan fingerprint density at radius 1 is 0.741 bits per heavy atom. The first kappa shape index (κ1) is 19.1. The number of hydrogen-bond acceptors (Lipinski definition) is 1. The predicted octanol–water partition coefficient (Wildman–Crippen LogP) is 6.34. The molecular weight excluding hydrogens is 326 g/mol. The molecule has 1 nitrogen and oxygen atoms in total. The van der Waals surface area contributed by atoms with Gasteiger partial charge in [-0.3, -0.25) is 0 Å². The Balaban J connectivity index is 1.61. The first-order valence-corrected chi connectivity index (χ1v) is 9.86. The van der Waals surface area contributed by atoms with E-state index in [0.29, 0.717) is 12.0 Å². The Morgan fingerprint density at radius 3 is 1.93 bits per heavy atom. The van der Waals surface area contributed by atoms with Crippen molar-refractivity contribution in [1.82, 2.24) is 5.32 Å². The van der Waals surface area contributed by atoms with Crippen LogP contribution in [0.15, 0.2) is 103 Å². The smallest absolute Gasteiger partial charge is 0.0383 e. The molecule has 1 heteroatoms. The second-order valence-corrected chi connectivity index (χ2v) is 7.07. The van der Waals surface area contributed by atoms with Gasteiger partial charge in [-0.2, -0.15) is 0 Å². The minimum atomic E-state index is 0.305. The molecule has 2 atom stereocenters. The molecule has 3 aromatic carbocycles. The third-order valence-corrected chi connectivity index (χ3v) is 4.94. The third kappa shape index (κ3) is 6.23. The summed E-state index contributed by atoms with van der Waals surface area (Å²) in [5, 5.41) is 3.76. The van der Waals surface area contributed by atoms with Crippen LogP contribution in [0.1, 0.15) is 36.1 Å². The molecule has 0 spiro atoms. The summed E-state index contributed by atoms with van der Waals surface area (Å²) in [7, 11) is 0. The Bertz CT molecular complexity index is 793. The van der Waals surface area contributed by atoms with Crippen LogP contribution < -0.4 is 5.32 Å². The molecule has 0 aliphatic carbocycles. The normalized spacial score (nSPS) is 13.5. The molecule has 0 saturated heterocycles. The van der Waals surface area contributed by atoms with Crippen LogP contribution in [0.2, 0.25) is 0 Å². The average Bonchev–Trinajstić information content (AvgIpc) is 2.74. The van der Waals surface area contributed by atoms with E-state index in [1.807, 2.05) is 0 Å². The van der Waals surface area contributed by atoms with Crippen LogP contribution in [0.25, 0.3) is 0 Å². The summed E-state index contributed by atoms with van der Waals surface area (Å²) < 4.78 is 0. The molecule has 3 aromatic rings. The lowest BCUT2D eigenvalue weighted by molar-refractivity contribution is 0.442. The largest absolute Gasteiger partial charge is 0.305 e. The van der Waals surface area contributed by atoms with Gasteiger partial charge >= 0.3 is 0 Å². The molecule has 0 amide bonds. The lowest BCUT2D eigenvalue weighted by Gasteiger charge is -2.24. The Labute approximate surface area is 163 Å². The SMILES string of the molecule is C[C@H](/C=C\CCc1ccccc1)[C@@H](NCc1ccccc1)c1ccccc1. The summed E-state index contributed by atoms with van der Waals surface area (Å²) in [6, 6.07) is 32.4. The molecule has 1 N–H and O–H groups in total. The summed E-state index contributed by atoms with van der Waals surface area (Å²) >= 11 is 0. The van der Waals surface area contributed by atoms with E-state index < -0.39 is 0 Å². The number of rotatable bonds is 9. The number of allylic oxidation sites excluding steroid dienone is 1. The van der Waals surface area contributed by atoms with Gasteiger partial charge in [0.2, 0.25) is 0 Å². The molecule has 0 aliphatic rings. The van der Waals surface area contributed by atoms with Crippen molar-refractivity contribution in [2.45, 2.75) is 32.4 Å².